The van der Waals surface area contributed by atoms with Gasteiger partial charge in [-0.25, -0.2) is 4.39 Å². The fraction of sp³-hybridized carbons (Fsp3) is 0.565. The first-order chi connectivity index (χ1) is 14.9. The summed E-state index contributed by atoms with van der Waals surface area (Å²) in [5, 5.41) is 11.3. The minimum Gasteiger partial charge on any atom is -0.490 e. The molecule has 1 saturated carbocycles. The first-order valence-corrected chi connectivity index (χ1v) is 10.8. The lowest BCUT2D eigenvalue weighted by atomic mass is 10.1. The Kier molecular flexibility index (Phi) is 10.2. The zero-order valence-corrected chi connectivity index (χ0v) is 21.9. The predicted molar refractivity (Wildman–Crippen MR) is 135 cm³/mol. The highest BCUT2D eigenvalue weighted by atomic mass is 127. The molecule has 0 bridgehead atoms. The van der Waals surface area contributed by atoms with Gasteiger partial charge in [-0.3, -0.25) is 9.67 Å². The number of nitrogens with zero attached hydrogens (tertiary/aromatic N) is 3. The molecule has 1 heterocycles. The van der Waals surface area contributed by atoms with Crippen LogP contribution in [0.5, 0.6) is 5.75 Å². The van der Waals surface area contributed by atoms with Crippen LogP contribution >= 0.6 is 24.0 Å². The van der Waals surface area contributed by atoms with Crippen molar-refractivity contribution in [1.29, 1.82) is 0 Å². The van der Waals surface area contributed by atoms with Gasteiger partial charge in [0.1, 0.15) is 0 Å². The summed E-state index contributed by atoms with van der Waals surface area (Å²) >= 11 is 0. The van der Waals surface area contributed by atoms with Gasteiger partial charge in [0, 0.05) is 32.0 Å². The van der Waals surface area contributed by atoms with Gasteiger partial charge in [0.25, 0.3) is 0 Å². The Morgan fingerprint density at radius 3 is 2.72 bits per heavy atom. The van der Waals surface area contributed by atoms with Crippen molar-refractivity contribution in [2.45, 2.75) is 52.7 Å². The van der Waals surface area contributed by atoms with E-state index in [0.29, 0.717) is 37.4 Å². The second-order valence-corrected chi connectivity index (χ2v) is 8.10. The Morgan fingerprint density at radius 1 is 1.34 bits per heavy atom. The zero-order chi connectivity index (χ0) is 22.4. The maximum absolute atomic E-state index is 14.4. The molecule has 178 valence electrons. The van der Waals surface area contributed by atoms with Gasteiger partial charge in [-0.2, -0.15) is 5.10 Å². The Hall–Kier alpha value is -1.88. The molecule has 0 aliphatic heterocycles. The van der Waals surface area contributed by atoms with Gasteiger partial charge in [0.15, 0.2) is 17.5 Å². The number of aliphatic imine (C=N–C) groups is 1. The summed E-state index contributed by atoms with van der Waals surface area (Å²) < 4.78 is 27.1. The second kappa shape index (κ2) is 12.4. The lowest BCUT2D eigenvalue weighted by Crippen LogP contribution is -2.38. The maximum Gasteiger partial charge on any atom is 0.191 e. The minimum atomic E-state index is -0.329. The molecule has 9 heteroatoms. The SMILES string of the molecule is CN=C(NCc1c(C)nn(CCOC)c1C)NC(C)c1ccc(OCC2CC2)c(F)c1.I. The molecule has 0 amide bonds. The van der Waals surface area contributed by atoms with Gasteiger partial charge in [-0.1, -0.05) is 6.07 Å². The van der Waals surface area contributed by atoms with E-state index in [1.807, 2.05) is 24.6 Å². The third kappa shape index (κ3) is 7.06. The molecule has 1 fully saturated rings. The molecule has 0 spiro atoms. The number of hydrogen-bond acceptors (Lipinski definition) is 4. The largest absolute Gasteiger partial charge is 0.490 e. The lowest BCUT2D eigenvalue weighted by Gasteiger charge is -2.19. The van der Waals surface area contributed by atoms with Gasteiger partial charge in [-0.15, -0.1) is 24.0 Å². The molecule has 1 aliphatic rings. The number of methoxy groups -OCH3 is 1. The van der Waals surface area contributed by atoms with E-state index >= 15 is 0 Å². The molecular weight excluding hydrogens is 524 g/mol. The van der Waals surface area contributed by atoms with Crippen LogP contribution in [0, 0.1) is 25.6 Å². The number of benzene rings is 1. The van der Waals surface area contributed by atoms with Crippen LogP contribution < -0.4 is 15.4 Å². The number of halogens is 2. The molecule has 3 rings (SSSR count). The first-order valence-electron chi connectivity index (χ1n) is 10.8. The van der Waals surface area contributed by atoms with Gasteiger partial charge in [-0.05, 0) is 57.2 Å². The monoisotopic (exact) mass is 559 g/mol. The van der Waals surface area contributed by atoms with E-state index in [4.69, 9.17) is 9.47 Å². The smallest absolute Gasteiger partial charge is 0.191 e. The summed E-state index contributed by atoms with van der Waals surface area (Å²) in [6.07, 6.45) is 2.36. The van der Waals surface area contributed by atoms with Crippen LogP contribution in [-0.2, 0) is 17.8 Å². The van der Waals surface area contributed by atoms with Crippen molar-refractivity contribution >= 4 is 29.9 Å². The van der Waals surface area contributed by atoms with Crippen molar-refractivity contribution in [2.24, 2.45) is 10.9 Å². The molecule has 1 aromatic carbocycles. The molecule has 1 aromatic heterocycles. The molecular formula is C23H35FIN5O2. The van der Waals surface area contributed by atoms with Crippen LogP contribution in [0.3, 0.4) is 0 Å². The third-order valence-corrected chi connectivity index (χ3v) is 5.68. The fourth-order valence-corrected chi connectivity index (χ4v) is 3.44. The summed E-state index contributed by atoms with van der Waals surface area (Å²) in [6, 6.07) is 5.01. The van der Waals surface area contributed by atoms with E-state index in [2.05, 4.69) is 27.6 Å². The van der Waals surface area contributed by atoms with Gasteiger partial charge < -0.3 is 20.1 Å². The summed E-state index contributed by atoms with van der Waals surface area (Å²) in [5.41, 5.74) is 4.05. The van der Waals surface area contributed by atoms with Crippen molar-refractivity contribution in [1.82, 2.24) is 20.4 Å². The highest BCUT2D eigenvalue weighted by Gasteiger charge is 2.22. The van der Waals surface area contributed by atoms with Crippen LogP contribution in [0.2, 0.25) is 0 Å². The topological polar surface area (TPSA) is 72.7 Å². The minimum absolute atomic E-state index is 0. The number of guanidine groups is 1. The number of hydrogen-bond donors (Lipinski definition) is 2. The van der Waals surface area contributed by atoms with E-state index in [0.717, 1.165) is 29.1 Å². The number of rotatable bonds is 10. The summed E-state index contributed by atoms with van der Waals surface area (Å²) in [7, 11) is 3.41. The van der Waals surface area contributed by atoms with Crippen LogP contribution in [0.1, 0.15) is 48.3 Å². The molecule has 1 atom stereocenters. The van der Waals surface area contributed by atoms with Crippen molar-refractivity contribution in [3.8, 4) is 5.75 Å². The van der Waals surface area contributed by atoms with Crippen LogP contribution in [0.15, 0.2) is 23.2 Å². The second-order valence-electron chi connectivity index (χ2n) is 8.10. The van der Waals surface area contributed by atoms with Gasteiger partial charge in [0.2, 0.25) is 0 Å². The normalized spacial score (nSPS) is 14.6. The fourth-order valence-electron chi connectivity index (χ4n) is 3.44. The van der Waals surface area contributed by atoms with Crippen molar-refractivity contribution in [2.75, 3.05) is 27.4 Å². The van der Waals surface area contributed by atoms with Crippen LogP contribution in [0.4, 0.5) is 4.39 Å². The number of aromatic nitrogens is 2. The van der Waals surface area contributed by atoms with Crippen LogP contribution in [0.25, 0.3) is 0 Å². The summed E-state index contributed by atoms with van der Waals surface area (Å²) in [4.78, 5) is 4.31. The third-order valence-electron chi connectivity index (χ3n) is 5.68. The van der Waals surface area contributed by atoms with Crippen LogP contribution in [-0.4, -0.2) is 43.1 Å². The molecule has 7 nitrogen and oxygen atoms in total. The van der Waals surface area contributed by atoms with E-state index in [9.17, 15) is 4.39 Å². The van der Waals surface area contributed by atoms with E-state index in [1.54, 1.807) is 20.2 Å². The molecule has 1 unspecified atom stereocenters. The number of nitrogens with one attached hydrogen (secondary N) is 2. The Bertz CT molecular complexity index is 914. The Labute approximate surface area is 207 Å². The van der Waals surface area contributed by atoms with E-state index in [1.165, 1.54) is 18.9 Å². The quantitative estimate of drug-likeness (QED) is 0.261. The maximum atomic E-state index is 14.4. The van der Waals surface area contributed by atoms with Crippen molar-refractivity contribution < 1.29 is 13.9 Å². The summed E-state index contributed by atoms with van der Waals surface area (Å²) in [5.74, 6) is 1.23. The van der Waals surface area contributed by atoms with Crippen molar-refractivity contribution in [3.05, 3.63) is 46.5 Å². The van der Waals surface area contributed by atoms with E-state index in [-0.39, 0.29) is 35.8 Å². The molecule has 1 aliphatic carbocycles. The molecule has 2 N–H and O–H groups in total. The molecule has 0 saturated heterocycles. The standard InChI is InChI=1S/C23H34FN5O2.HI/c1-15(19-8-9-22(21(24)12-19)31-14-18-6-7-18)27-23(25-4)26-13-20-16(2)28-29(17(20)3)10-11-30-5;/h8-9,12,15,18H,6-7,10-11,13-14H2,1-5H3,(H2,25,26,27);1H. The zero-order valence-electron chi connectivity index (χ0n) is 19.6. The predicted octanol–water partition coefficient (Wildman–Crippen LogP) is 4.12. The highest BCUT2D eigenvalue weighted by Crippen LogP contribution is 2.30. The average Bonchev–Trinajstić information content (AvgIpc) is 3.54. The van der Waals surface area contributed by atoms with Crippen molar-refractivity contribution in [3.63, 3.8) is 0 Å². The number of aryl methyl sites for hydroxylation is 1. The Morgan fingerprint density at radius 2 is 2.09 bits per heavy atom. The van der Waals surface area contributed by atoms with E-state index < -0.39 is 0 Å². The first kappa shape index (κ1) is 26.4. The lowest BCUT2D eigenvalue weighted by molar-refractivity contribution is 0.182. The molecule has 32 heavy (non-hydrogen) atoms. The number of ether oxygens (including phenoxy) is 2. The molecule has 2 aromatic rings. The highest BCUT2D eigenvalue weighted by molar-refractivity contribution is 14.0. The summed E-state index contributed by atoms with van der Waals surface area (Å²) in [6.45, 7) is 8.57. The van der Waals surface area contributed by atoms with Gasteiger partial charge in [0.05, 0.1) is 31.5 Å². The van der Waals surface area contributed by atoms with Gasteiger partial charge >= 0.3 is 0 Å². The Balaban J connectivity index is 0.00000363. The molecule has 0 radical (unpaired) electrons. The average molecular weight is 559 g/mol.